The van der Waals surface area contributed by atoms with Gasteiger partial charge >= 0.3 is 6.03 Å². The number of nitrogens with zero attached hydrogens (tertiary/aromatic N) is 2. The van der Waals surface area contributed by atoms with Crippen molar-refractivity contribution in [3.8, 4) is 0 Å². The second-order valence-electron chi connectivity index (χ2n) is 7.84. The van der Waals surface area contributed by atoms with E-state index in [0.29, 0.717) is 36.0 Å². The van der Waals surface area contributed by atoms with E-state index in [0.717, 1.165) is 24.3 Å². The Kier molecular flexibility index (Phi) is 7.66. The van der Waals surface area contributed by atoms with Crippen molar-refractivity contribution in [3.05, 3.63) is 83.1 Å². The highest BCUT2D eigenvalue weighted by molar-refractivity contribution is 7.90. The van der Waals surface area contributed by atoms with Crippen molar-refractivity contribution >= 4 is 38.8 Å². The predicted octanol–water partition coefficient (Wildman–Crippen LogP) is 3.87. The summed E-state index contributed by atoms with van der Waals surface area (Å²) in [4.78, 5) is 18.4. The van der Waals surface area contributed by atoms with E-state index >= 15 is 0 Å². The van der Waals surface area contributed by atoms with Crippen LogP contribution < -0.4 is 15.5 Å². The highest BCUT2D eigenvalue weighted by Crippen LogP contribution is 2.29. The Hall–Kier alpha value is -3.14. The average Bonchev–Trinajstić information content (AvgIpc) is 2.84. The Morgan fingerprint density at radius 3 is 2.50 bits per heavy atom. The number of anilines is 2. The summed E-state index contributed by atoms with van der Waals surface area (Å²) in [6.45, 7) is 3.12. The third-order valence-electron chi connectivity index (χ3n) is 5.37. The van der Waals surface area contributed by atoms with Crippen molar-refractivity contribution in [3.63, 3.8) is 0 Å². The van der Waals surface area contributed by atoms with Gasteiger partial charge in [-0.3, -0.25) is 4.98 Å². The molecule has 0 spiro atoms. The SMILES string of the molecule is O=C(NCc1cccnc1)Nc1ccc(S(=O)(=O)Cc2ccc(N3CCOCC3)c(Cl)c2)cc1. The number of amides is 2. The second kappa shape index (κ2) is 10.9. The standard InChI is InChI=1S/C24H25ClN4O4S/c25-22-14-18(3-8-23(22)29-10-12-33-13-11-29)17-34(31,32)21-6-4-20(5-7-21)28-24(30)27-16-19-2-1-9-26-15-19/h1-9,14-15H,10-13,16-17H2,(H2,27,28,30). The summed E-state index contributed by atoms with van der Waals surface area (Å²) in [6.07, 6.45) is 3.33. The van der Waals surface area contributed by atoms with Gasteiger partial charge in [0.2, 0.25) is 0 Å². The van der Waals surface area contributed by atoms with Crippen LogP contribution in [0.3, 0.4) is 0 Å². The molecule has 2 amide bonds. The van der Waals surface area contributed by atoms with Crippen LogP contribution in [0.5, 0.6) is 0 Å². The maximum atomic E-state index is 12.9. The van der Waals surface area contributed by atoms with Crippen molar-refractivity contribution in [1.82, 2.24) is 10.3 Å². The van der Waals surface area contributed by atoms with E-state index in [4.69, 9.17) is 16.3 Å². The third kappa shape index (κ3) is 6.25. The van der Waals surface area contributed by atoms with Crippen LogP contribution >= 0.6 is 11.6 Å². The number of aromatic nitrogens is 1. The molecule has 2 N–H and O–H groups in total. The van der Waals surface area contributed by atoms with Gasteiger partial charge in [0.05, 0.1) is 34.6 Å². The number of rotatable bonds is 7. The predicted molar refractivity (Wildman–Crippen MR) is 132 cm³/mol. The van der Waals surface area contributed by atoms with E-state index < -0.39 is 15.9 Å². The maximum Gasteiger partial charge on any atom is 0.319 e. The number of halogens is 1. The number of nitrogens with one attached hydrogen (secondary N) is 2. The molecule has 0 saturated carbocycles. The Morgan fingerprint density at radius 2 is 1.82 bits per heavy atom. The molecule has 0 unspecified atom stereocenters. The molecule has 3 aromatic rings. The maximum absolute atomic E-state index is 12.9. The molecule has 0 bridgehead atoms. The van der Waals surface area contributed by atoms with Crippen LogP contribution in [0, 0.1) is 0 Å². The average molecular weight is 501 g/mol. The summed E-state index contributed by atoms with van der Waals surface area (Å²) in [5, 5.41) is 5.94. The molecule has 0 radical (unpaired) electrons. The minimum absolute atomic E-state index is 0.169. The van der Waals surface area contributed by atoms with Gasteiger partial charge in [0, 0.05) is 37.7 Å². The Balaban J connectivity index is 1.36. The van der Waals surface area contributed by atoms with Crippen LogP contribution in [0.1, 0.15) is 11.1 Å². The number of carbonyl (C=O) groups is 1. The molecule has 8 nitrogen and oxygen atoms in total. The minimum atomic E-state index is -3.59. The summed E-state index contributed by atoms with van der Waals surface area (Å²) in [7, 11) is -3.59. The molecule has 1 fully saturated rings. The zero-order chi connectivity index (χ0) is 24.0. The van der Waals surface area contributed by atoms with Crippen molar-refractivity contribution in [2.24, 2.45) is 0 Å². The Labute approximate surface area is 203 Å². The van der Waals surface area contributed by atoms with Gasteiger partial charge in [0.15, 0.2) is 9.84 Å². The number of hydrogen-bond acceptors (Lipinski definition) is 6. The molecular formula is C24H25ClN4O4S. The number of hydrogen-bond donors (Lipinski definition) is 2. The first-order valence-corrected chi connectivity index (χ1v) is 12.8. The van der Waals surface area contributed by atoms with Crippen molar-refractivity contribution < 1.29 is 17.9 Å². The molecule has 4 rings (SSSR count). The summed E-state index contributed by atoms with van der Waals surface area (Å²) < 4.78 is 31.2. The summed E-state index contributed by atoms with van der Waals surface area (Å²) in [6, 6.07) is 14.7. The largest absolute Gasteiger partial charge is 0.378 e. The summed E-state index contributed by atoms with van der Waals surface area (Å²) in [5.41, 5.74) is 2.85. The van der Waals surface area contributed by atoms with Crippen LogP contribution in [0.25, 0.3) is 0 Å². The fraction of sp³-hybridized carbons (Fsp3) is 0.250. The molecule has 1 aromatic heterocycles. The molecular weight excluding hydrogens is 476 g/mol. The molecule has 2 aromatic carbocycles. The number of morpholine rings is 1. The quantitative estimate of drug-likeness (QED) is 0.511. The normalized spacial score (nSPS) is 14.0. The summed E-state index contributed by atoms with van der Waals surface area (Å²) in [5.74, 6) is -0.172. The molecule has 1 aliphatic heterocycles. The number of urea groups is 1. The number of pyridine rings is 1. The van der Waals surface area contributed by atoms with Gasteiger partial charge in [-0.15, -0.1) is 0 Å². The Bertz CT molecular complexity index is 1230. The van der Waals surface area contributed by atoms with Gasteiger partial charge in [0.25, 0.3) is 0 Å². The lowest BCUT2D eigenvalue weighted by molar-refractivity contribution is 0.122. The van der Waals surface area contributed by atoms with E-state index in [-0.39, 0.29) is 10.6 Å². The van der Waals surface area contributed by atoms with Crippen molar-refractivity contribution in [2.75, 3.05) is 36.5 Å². The van der Waals surface area contributed by atoms with E-state index in [2.05, 4.69) is 20.5 Å². The first-order chi connectivity index (χ1) is 16.4. The van der Waals surface area contributed by atoms with Gasteiger partial charge < -0.3 is 20.3 Å². The fourth-order valence-corrected chi connectivity index (χ4v) is 5.27. The zero-order valence-corrected chi connectivity index (χ0v) is 20.0. The number of benzene rings is 2. The van der Waals surface area contributed by atoms with Gasteiger partial charge in [-0.1, -0.05) is 23.7 Å². The number of sulfone groups is 1. The van der Waals surface area contributed by atoms with Gasteiger partial charge in [-0.25, -0.2) is 13.2 Å². The number of ether oxygens (including phenoxy) is 1. The molecule has 1 saturated heterocycles. The lowest BCUT2D eigenvalue weighted by atomic mass is 10.2. The van der Waals surface area contributed by atoms with Crippen LogP contribution in [0.4, 0.5) is 16.2 Å². The highest BCUT2D eigenvalue weighted by Gasteiger charge is 2.18. The smallest absolute Gasteiger partial charge is 0.319 e. The monoisotopic (exact) mass is 500 g/mol. The van der Waals surface area contributed by atoms with Crippen molar-refractivity contribution in [1.29, 1.82) is 0 Å². The van der Waals surface area contributed by atoms with Crippen LogP contribution in [0.15, 0.2) is 71.9 Å². The molecule has 34 heavy (non-hydrogen) atoms. The van der Waals surface area contributed by atoms with E-state index in [1.165, 1.54) is 12.1 Å². The molecule has 2 heterocycles. The third-order valence-corrected chi connectivity index (χ3v) is 7.37. The zero-order valence-electron chi connectivity index (χ0n) is 18.4. The van der Waals surface area contributed by atoms with E-state index in [9.17, 15) is 13.2 Å². The molecule has 10 heteroatoms. The second-order valence-corrected chi connectivity index (χ2v) is 10.2. The minimum Gasteiger partial charge on any atom is -0.378 e. The first-order valence-electron chi connectivity index (χ1n) is 10.8. The fourth-order valence-electron chi connectivity index (χ4n) is 3.61. The number of carbonyl (C=O) groups excluding carboxylic acids is 1. The lowest BCUT2D eigenvalue weighted by Gasteiger charge is -2.29. The van der Waals surface area contributed by atoms with E-state index in [1.54, 1.807) is 42.7 Å². The van der Waals surface area contributed by atoms with Gasteiger partial charge in [-0.2, -0.15) is 0 Å². The first kappa shape index (κ1) is 24.0. The topological polar surface area (TPSA) is 101 Å². The molecule has 0 atom stereocenters. The van der Waals surface area contributed by atoms with E-state index in [1.807, 2.05) is 12.1 Å². The van der Waals surface area contributed by atoms with Crippen molar-refractivity contribution in [2.45, 2.75) is 17.2 Å². The molecule has 178 valence electrons. The van der Waals surface area contributed by atoms with Gasteiger partial charge in [-0.05, 0) is 53.6 Å². The Morgan fingerprint density at radius 1 is 1.06 bits per heavy atom. The highest BCUT2D eigenvalue weighted by atomic mass is 35.5. The van der Waals surface area contributed by atoms with Crippen LogP contribution in [-0.2, 0) is 26.9 Å². The van der Waals surface area contributed by atoms with Gasteiger partial charge in [0.1, 0.15) is 0 Å². The molecule has 1 aliphatic rings. The van der Waals surface area contributed by atoms with Crippen LogP contribution in [-0.4, -0.2) is 45.7 Å². The molecule has 0 aliphatic carbocycles. The summed E-state index contributed by atoms with van der Waals surface area (Å²) >= 11 is 6.44. The van der Waals surface area contributed by atoms with Crippen LogP contribution in [0.2, 0.25) is 5.02 Å². The lowest BCUT2D eigenvalue weighted by Crippen LogP contribution is -2.36.